The predicted octanol–water partition coefficient (Wildman–Crippen LogP) is 3.23. The topological polar surface area (TPSA) is 41.1 Å². The van der Waals surface area contributed by atoms with Crippen LogP contribution in [-0.2, 0) is 0 Å². The van der Waals surface area contributed by atoms with Crippen molar-refractivity contribution < 1.29 is 4.79 Å². The molecule has 0 bridgehead atoms. The highest BCUT2D eigenvalue weighted by Gasteiger charge is 1.90. The minimum atomic E-state index is 0.775. The van der Waals surface area contributed by atoms with Crippen LogP contribution in [0.5, 0.6) is 0 Å². The molecule has 0 saturated carbocycles. The second kappa shape index (κ2) is 9.33. The normalized spacial score (nSPS) is 9.37. The van der Waals surface area contributed by atoms with Gasteiger partial charge in [-0.2, -0.15) is 4.83 Å². The van der Waals surface area contributed by atoms with Gasteiger partial charge in [0.05, 0.1) is 0 Å². The molecule has 2 rings (SSSR count). The Morgan fingerprint density at radius 2 is 1.63 bits per heavy atom. The van der Waals surface area contributed by atoms with Crippen LogP contribution in [0.25, 0.3) is 0 Å². The van der Waals surface area contributed by atoms with Crippen LogP contribution in [0, 0.1) is 6.92 Å². The molecule has 4 heteroatoms. The number of carbonyl (C=O) groups excluding carboxylic acids is 1. The summed E-state index contributed by atoms with van der Waals surface area (Å²) in [5.41, 5.74) is 4.64. The Labute approximate surface area is 118 Å². The zero-order valence-electron chi connectivity index (χ0n) is 11.1. The Morgan fingerprint density at radius 1 is 1.00 bits per heavy atom. The first-order chi connectivity index (χ1) is 9.27. The van der Waals surface area contributed by atoms with Crippen LogP contribution in [0.15, 0.2) is 59.5 Å². The highest BCUT2D eigenvalue weighted by molar-refractivity contribution is 7.97. The van der Waals surface area contributed by atoms with Gasteiger partial charge < -0.3 is 0 Å². The van der Waals surface area contributed by atoms with Gasteiger partial charge in [-0.3, -0.25) is 10.2 Å². The summed E-state index contributed by atoms with van der Waals surface area (Å²) in [6, 6.07) is 17.6. The Bertz CT molecular complexity index is 489. The lowest BCUT2D eigenvalue weighted by molar-refractivity contribution is 0.112. The molecule has 0 amide bonds. The van der Waals surface area contributed by atoms with E-state index in [2.05, 4.69) is 22.4 Å². The van der Waals surface area contributed by atoms with E-state index in [0.29, 0.717) is 0 Å². The minimum Gasteiger partial charge on any atom is -0.298 e. The van der Waals surface area contributed by atoms with Crippen molar-refractivity contribution in [3.8, 4) is 0 Å². The van der Waals surface area contributed by atoms with E-state index in [1.807, 2.05) is 56.4 Å². The van der Waals surface area contributed by atoms with Crippen molar-refractivity contribution in [3.05, 3.63) is 65.7 Å². The molecule has 0 atom stereocenters. The number of hydrazine groups is 1. The molecule has 3 nitrogen and oxygen atoms in total. The van der Waals surface area contributed by atoms with Gasteiger partial charge in [-0.15, -0.1) is 0 Å². The molecular formula is C15H18N2OS. The van der Waals surface area contributed by atoms with Gasteiger partial charge in [0.25, 0.3) is 0 Å². The van der Waals surface area contributed by atoms with Crippen molar-refractivity contribution in [2.75, 3.05) is 7.05 Å². The maximum atomic E-state index is 10.2. The fraction of sp³-hybridized carbons (Fsp3) is 0.133. The molecule has 2 aromatic carbocycles. The van der Waals surface area contributed by atoms with Crippen molar-refractivity contribution in [2.24, 2.45) is 0 Å². The van der Waals surface area contributed by atoms with Gasteiger partial charge in [0, 0.05) is 10.5 Å². The highest BCUT2D eigenvalue weighted by Crippen LogP contribution is 2.11. The second-order valence-electron chi connectivity index (χ2n) is 3.74. The van der Waals surface area contributed by atoms with Crippen molar-refractivity contribution in [1.29, 1.82) is 0 Å². The van der Waals surface area contributed by atoms with E-state index in [4.69, 9.17) is 0 Å². The molecule has 100 valence electrons. The highest BCUT2D eigenvalue weighted by atomic mass is 32.2. The van der Waals surface area contributed by atoms with Crippen LogP contribution in [-0.4, -0.2) is 13.3 Å². The van der Waals surface area contributed by atoms with Crippen LogP contribution in [0.4, 0.5) is 0 Å². The first-order valence-corrected chi connectivity index (χ1v) is 6.74. The molecule has 0 unspecified atom stereocenters. The van der Waals surface area contributed by atoms with Gasteiger partial charge in [-0.1, -0.05) is 42.5 Å². The fourth-order valence-corrected chi connectivity index (χ4v) is 1.83. The van der Waals surface area contributed by atoms with Crippen molar-refractivity contribution in [1.82, 2.24) is 10.3 Å². The predicted molar refractivity (Wildman–Crippen MR) is 81.1 cm³/mol. The van der Waals surface area contributed by atoms with E-state index < -0.39 is 0 Å². The number of carbonyl (C=O) groups is 1. The van der Waals surface area contributed by atoms with Gasteiger partial charge in [-0.05, 0) is 43.6 Å². The maximum absolute atomic E-state index is 10.2. The smallest absolute Gasteiger partial charge is 0.150 e. The molecule has 0 fully saturated rings. The van der Waals surface area contributed by atoms with Gasteiger partial charge in [0.15, 0.2) is 0 Å². The summed E-state index contributed by atoms with van der Waals surface area (Å²) in [6.07, 6.45) is 0.870. The fourth-order valence-electron chi connectivity index (χ4n) is 1.32. The summed E-state index contributed by atoms with van der Waals surface area (Å²) in [7, 11) is 1.84. The molecule has 0 aliphatic heterocycles. The van der Waals surface area contributed by atoms with E-state index in [9.17, 15) is 4.79 Å². The molecule has 0 aliphatic rings. The number of aldehydes is 1. The zero-order chi connectivity index (χ0) is 13.9. The summed E-state index contributed by atoms with van der Waals surface area (Å²) in [5, 5.41) is 0. The second-order valence-corrected chi connectivity index (χ2v) is 4.62. The van der Waals surface area contributed by atoms with Crippen LogP contribution in [0.2, 0.25) is 0 Å². The summed E-state index contributed by atoms with van der Waals surface area (Å²) in [4.78, 5) is 14.4. The third kappa shape index (κ3) is 6.20. The monoisotopic (exact) mass is 274 g/mol. The average Bonchev–Trinajstić information content (AvgIpc) is 2.47. The molecular weight excluding hydrogens is 256 g/mol. The van der Waals surface area contributed by atoms with E-state index in [1.54, 1.807) is 11.9 Å². The summed E-state index contributed by atoms with van der Waals surface area (Å²) in [6.45, 7) is 1.92. The number of rotatable bonds is 4. The van der Waals surface area contributed by atoms with E-state index in [1.165, 1.54) is 4.90 Å². The Hall–Kier alpha value is -1.62. The zero-order valence-corrected chi connectivity index (χ0v) is 11.9. The van der Waals surface area contributed by atoms with Gasteiger partial charge in [-0.25, -0.2) is 0 Å². The van der Waals surface area contributed by atoms with Crippen LogP contribution < -0.4 is 10.3 Å². The Balaban J connectivity index is 0.000000191. The molecule has 0 aromatic heterocycles. The quantitative estimate of drug-likeness (QED) is 0.510. The standard InChI is InChI=1S/C8H8O.C7H10N2S/c1-7-4-2-3-5-8(7)6-9;1-8-9-10-7-5-3-2-4-6-7/h2-6H,1H3;2-6,8-9H,1H3. The number of benzene rings is 2. The molecule has 0 spiro atoms. The van der Waals surface area contributed by atoms with E-state index in [0.717, 1.165) is 17.4 Å². The SMILES string of the molecule is CNNSc1ccccc1.Cc1ccccc1C=O. The largest absolute Gasteiger partial charge is 0.298 e. The van der Waals surface area contributed by atoms with E-state index >= 15 is 0 Å². The average molecular weight is 274 g/mol. The number of nitrogens with one attached hydrogen (secondary N) is 2. The summed E-state index contributed by atoms with van der Waals surface area (Å²) in [5.74, 6) is 0. The third-order valence-corrected chi connectivity index (χ3v) is 3.14. The van der Waals surface area contributed by atoms with E-state index in [-0.39, 0.29) is 0 Å². The Kier molecular flexibility index (Phi) is 7.58. The molecule has 0 aliphatic carbocycles. The van der Waals surface area contributed by atoms with Crippen molar-refractivity contribution in [2.45, 2.75) is 11.8 Å². The van der Waals surface area contributed by atoms with Gasteiger partial charge in [0.2, 0.25) is 0 Å². The molecule has 0 heterocycles. The number of aryl methyl sites for hydroxylation is 1. The molecule has 2 aromatic rings. The third-order valence-electron chi connectivity index (χ3n) is 2.33. The van der Waals surface area contributed by atoms with Crippen LogP contribution in [0.3, 0.4) is 0 Å². The Morgan fingerprint density at radius 3 is 2.16 bits per heavy atom. The lowest BCUT2D eigenvalue weighted by atomic mass is 10.1. The van der Waals surface area contributed by atoms with Crippen molar-refractivity contribution in [3.63, 3.8) is 0 Å². The minimum absolute atomic E-state index is 0.775. The van der Waals surface area contributed by atoms with Crippen LogP contribution >= 0.6 is 11.9 Å². The van der Waals surface area contributed by atoms with Crippen LogP contribution in [0.1, 0.15) is 15.9 Å². The summed E-state index contributed by atoms with van der Waals surface area (Å²) >= 11 is 1.56. The van der Waals surface area contributed by atoms with Gasteiger partial charge >= 0.3 is 0 Å². The first-order valence-electron chi connectivity index (χ1n) is 5.92. The lowest BCUT2D eigenvalue weighted by Crippen LogP contribution is -2.18. The number of hydrogen-bond acceptors (Lipinski definition) is 4. The van der Waals surface area contributed by atoms with Gasteiger partial charge in [0.1, 0.15) is 6.29 Å². The lowest BCUT2D eigenvalue weighted by Gasteiger charge is -1.99. The first kappa shape index (κ1) is 15.4. The number of hydrogen-bond donors (Lipinski definition) is 2. The molecule has 2 N–H and O–H groups in total. The molecule has 0 saturated heterocycles. The molecule has 19 heavy (non-hydrogen) atoms. The maximum Gasteiger partial charge on any atom is 0.150 e. The summed E-state index contributed by atoms with van der Waals surface area (Å²) < 4.78 is 0. The van der Waals surface area contributed by atoms with Crippen molar-refractivity contribution >= 4 is 18.2 Å². The molecule has 0 radical (unpaired) electrons.